The summed E-state index contributed by atoms with van der Waals surface area (Å²) in [6, 6.07) is 5.21. The summed E-state index contributed by atoms with van der Waals surface area (Å²) < 4.78 is 37.5. The lowest BCUT2D eigenvalue weighted by Crippen LogP contribution is -2.48. The SMILES string of the molecule is C[C@@H]1CN(CC2CCN(c3cccc(C(=O)O)n3)CC2)C[C@H](C)O1.O=C(O)C(F)(F)F. The van der Waals surface area contributed by atoms with Crippen molar-refractivity contribution >= 4 is 17.8 Å². The smallest absolute Gasteiger partial charge is 0.477 e. The number of carboxylic acid groups (broad SMARTS) is 2. The van der Waals surface area contributed by atoms with Crippen molar-refractivity contribution in [3.63, 3.8) is 0 Å². The van der Waals surface area contributed by atoms with Crippen LogP contribution in [0.1, 0.15) is 37.2 Å². The zero-order valence-corrected chi connectivity index (χ0v) is 17.5. The van der Waals surface area contributed by atoms with E-state index in [9.17, 15) is 18.0 Å². The molecule has 1 aromatic rings. The van der Waals surface area contributed by atoms with Crippen LogP contribution in [0.5, 0.6) is 0 Å². The Morgan fingerprint density at radius 3 is 2.16 bits per heavy atom. The molecule has 2 N–H and O–H groups in total. The molecule has 2 aliphatic rings. The van der Waals surface area contributed by atoms with Crippen LogP contribution in [0.15, 0.2) is 18.2 Å². The predicted octanol–water partition coefficient (Wildman–Crippen LogP) is 2.74. The van der Waals surface area contributed by atoms with Crippen molar-refractivity contribution in [1.29, 1.82) is 0 Å². The molecule has 1 aromatic heterocycles. The van der Waals surface area contributed by atoms with Crippen molar-refractivity contribution < 1.29 is 37.7 Å². The van der Waals surface area contributed by atoms with E-state index in [1.165, 1.54) is 0 Å². The molecule has 3 rings (SSSR count). The van der Waals surface area contributed by atoms with E-state index >= 15 is 0 Å². The normalized spacial score (nSPS) is 23.1. The maximum Gasteiger partial charge on any atom is 0.490 e. The Kier molecular flexibility index (Phi) is 8.63. The number of ether oxygens (including phenoxy) is 1. The number of aliphatic carboxylic acids is 1. The quantitative estimate of drug-likeness (QED) is 0.726. The molecule has 0 bridgehead atoms. The average molecular weight is 447 g/mol. The zero-order chi connectivity index (χ0) is 23.2. The second kappa shape index (κ2) is 10.8. The molecule has 0 amide bonds. The number of aromatic carboxylic acids is 1. The van der Waals surface area contributed by atoms with Gasteiger partial charge in [-0.05, 0) is 44.7 Å². The highest BCUT2D eigenvalue weighted by atomic mass is 19.4. The third kappa shape index (κ3) is 7.98. The standard InChI is InChI=1S/C18H27N3O3.C2HF3O2/c1-13-10-20(11-14(2)24-13)12-15-6-8-21(9-7-15)17-5-3-4-16(19-17)18(22)23;3-2(4,5)1(6)7/h3-5,13-15H,6-12H2,1-2H3,(H,22,23);(H,6,7)/t13-,14+;. The third-order valence-electron chi connectivity index (χ3n) is 5.15. The Labute approximate surface area is 178 Å². The van der Waals surface area contributed by atoms with Gasteiger partial charge in [0.1, 0.15) is 5.82 Å². The van der Waals surface area contributed by atoms with Gasteiger partial charge in [-0.3, -0.25) is 4.90 Å². The van der Waals surface area contributed by atoms with Gasteiger partial charge in [-0.15, -0.1) is 0 Å². The van der Waals surface area contributed by atoms with Gasteiger partial charge in [0.2, 0.25) is 0 Å². The van der Waals surface area contributed by atoms with Crippen molar-refractivity contribution in [3.05, 3.63) is 23.9 Å². The number of aromatic nitrogens is 1. The number of carboxylic acids is 2. The lowest BCUT2D eigenvalue weighted by atomic mass is 9.95. The summed E-state index contributed by atoms with van der Waals surface area (Å²) in [5.41, 5.74) is 0.117. The predicted molar refractivity (Wildman–Crippen MR) is 106 cm³/mol. The Hall–Kier alpha value is -2.40. The fraction of sp³-hybridized carbons (Fsp3) is 0.650. The molecule has 11 heteroatoms. The van der Waals surface area contributed by atoms with Crippen LogP contribution in [0.2, 0.25) is 0 Å². The van der Waals surface area contributed by atoms with E-state index in [0.29, 0.717) is 18.1 Å². The summed E-state index contributed by atoms with van der Waals surface area (Å²) in [5, 5.41) is 16.2. The van der Waals surface area contributed by atoms with Crippen LogP contribution >= 0.6 is 0 Å². The maximum absolute atomic E-state index is 11.1. The first kappa shape index (κ1) is 24.9. The van der Waals surface area contributed by atoms with E-state index in [2.05, 4.69) is 28.6 Å². The molecule has 0 radical (unpaired) electrons. The topological polar surface area (TPSA) is 103 Å². The first-order valence-corrected chi connectivity index (χ1v) is 10.1. The van der Waals surface area contributed by atoms with Crippen LogP contribution in [0, 0.1) is 5.92 Å². The molecule has 2 atom stereocenters. The number of hydrogen-bond donors (Lipinski definition) is 2. The Morgan fingerprint density at radius 2 is 1.68 bits per heavy atom. The van der Waals surface area contributed by atoms with Crippen molar-refractivity contribution in [3.8, 4) is 0 Å². The largest absolute Gasteiger partial charge is 0.490 e. The molecular weight excluding hydrogens is 419 g/mol. The first-order valence-electron chi connectivity index (χ1n) is 10.1. The summed E-state index contributed by atoms with van der Waals surface area (Å²) in [7, 11) is 0. The molecule has 0 spiro atoms. The van der Waals surface area contributed by atoms with Crippen LogP contribution in [-0.4, -0.2) is 83.1 Å². The van der Waals surface area contributed by atoms with E-state index in [-0.39, 0.29) is 5.69 Å². The van der Waals surface area contributed by atoms with Gasteiger partial charge in [0.05, 0.1) is 12.2 Å². The van der Waals surface area contributed by atoms with Gasteiger partial charge in [-0.1, -0.05) is 6.07 Å². The summed E-state index contributed by atoms with van der Waals surface area (Å²) in [5.74, 6) is -2.25. The summed E-state index contributed by atoms with van der Waals surface area (Å²) >= 11 is 0. The monoisotopic (exact) mass is 447 g/mol. The molecule has 174 valence electrons. The summed E-state index contributed by atoms with van der Waals surface area (Å²) in [4.78, 5) is 28.9. The number of nitrogens with zero attached hydrogens (tertiary/aromatic N) is 3. The molecule has 0 aliphatic carbocycles. The van der Waals surface area contributed by atoms with Crippen LogP contribution in [0.4, 0.5) is 19.0 Å². The minimum absolute atomic E-state index is 0.117. The van der Waals surface area contributed by atoms with E-state index in [4.69, 9.17) is 19.7 Å². The van der Waals surface area contributed by atoms with Crippen LogP contribution < -0.4 is 4.90 Å². The minimum atomic E-state index is -5.08. The van der Waals surface area contributed by atoms with Gasteiger partial charge in [-0.2, -0.15) is 13.2 Å². The van der Waals surface area contributed by atoms with Gasteiger partial charge in [-0.25, -0.2) is 14.6 Å². The molecule has 2 saturated heterocycles. The number of pyridine rings is 1. The van der Waals surface area contributed by atoms with Gasteiger partial charge >= 0.3 is 18.1 Å². The molecule has 31 heavy (non-hydrogen) atoms. The van der Waals surface area contributed by atoms with E-state index in [1.807, 2.05) is 6.07 Å². The Bertz CT molecular complexity index is 744. The van der Waals surface area contributed by atoms with E-state index < -0.39 is 18.1 Å². The molecular formula is C20H28F3N3O5. The molecule has 0 saturated carbocycles. The van der Waals surface area contributed by atoms with Crippen molar-refractivity contribution in [2.45, 2.75) is 45.1 Å². The number of anilines is 1. The van der Waals surface area contributed by atoms with E-state index in [0.717, 1.165) is 51.4 Å². The number of piperidine rings is 1. The number of hydrogen-bond acceptors (Lipinski definition) is 6. The summed E-state index contributed by atoms with van der Waals surface area (Å²) in [6.07, 6.45) is -2.20. The average Bonchev–Trinajstić information content (AvgIpc) is 2.67. The third-order valence-corrected chi connectivity index (χ3v) is 5.15. The molecule has 3 heterocycles. The zero-order valence-electron chi connectivity index (χ0n) is 17.5. The van der Waals surface area contributed by atoms with Gasteiger partial charge in [0.15, 0.2) is 5.69 Å². The maximum atomic E-state index is 11.1. The number of morpholine rings is 1. The number of carbonyl (C=O) groups is 2. The van der Waals surface area contributed by atoms with Gasteiger partial charge < -0.3 is 19.8 Å². The molecule has 8 nitrogen and oxygen atoms in total. The highest BCUT2D eigenvalue weighted by Gasteiger charge is 2.38. The summed E-state index contributed by atoms with van der Waals surface area (Å²) in [6.45, 7) is 9.35. The highest BCUT2D eigenvalue weighted by molar-refractivity contribution is 5.85. The van der Waals surface area contributed by atoms with E-state index in [1.54, 1.807) is 12.1 Å². The lowest BCUT2D eigenvalue weighted by Gasteiger charge is -2.39. The van der Waals surface area contributed by atoms with Crippen molar-refractivity contribution in [2.75, 3.05) is 37.6 Å². The van der Waals surface area contributed by atoms with Crippen LogP contribution in [0.3, 0.4) is 0 Å². The van der Waals surface area contributed by atoms with Gasteiger partial charge in [0.25, 0.3) is 0 Å². The molecule has 2 aliphatic heterocycles. The fourth-order valence-electron chi connectivity index (χ4n) is 3.86. The van der Waals surface area contributed by atoms with Crippen LogP contribution in [-0.2, 0) is 9.53 Å². The Balaban J connectivity index is 0.000000423. The molecule has 2 fully saturated rings. The first-order chi connectivity index (χ1) is 14.5. The fourth-order valence-corrected chi connectivity index (χ4v) is 3.86. The second-order valence-electron chi connectivity index (χ2n) is 7.90. The van der Waals surface area contributed by atoms with Gasteiger partial charge in [0, 0.05) is 32.7 Å². The lowest BCUT2D eigenvalue weighted by molar-refractivity contribution is -0.192. The van der Waals surface area contributed by atoms with Crippen LogP contribution in [0.25, 0.3) is 0 Å². The number of rotatable bonds is 4. The number of halogens is 3. The highest BCUT2D eigenvalue weighted by Crippen LogP contribution is 2.24. The Morgan fingerprint density at radius 1 is 1.13 bits per heavy atom. The second-order valence-corrected chi connectivity index (χ2v) is 7.90. The molecule has 0 unspecified atom stereocenters. The number of alkyl halides is 3. The minimum Gasteiger partial charge on any atom is -0.477 e. The van der Waals surface area contributed by atoms with Crippen molar-refractivity contribution in [1.82, 2.24) is 9.88 Å². The van der Waals surface area contributed by atoms with Crippen molar-refractivity contribution in [2.24, 2.45) is 5.92 Å². The molecule has 0 aromatic carbocycles.